The maximum absolute atomic E-state index is 10.9. The zero-order valence-electron chi connectivity index (χ0n) is 10.2. The Bertz CT molecular complexity index is 574. The van der Waals surface area contributed by atoms with E-state index < -0.39 is 4.92 Å². The highest BCUT2D eigenvalue weighted by Crippen LogP contribution is 2.26. The Morgan fingerprint density at radius 1 is 1.63 bits per heavy atom. The van der Waals surface area contributed by atoms with Crippen LogP contribution in [0.25, 0.3) is 0 Å². The molecule has 5 nitrogen and oxygen atoms in total. The molecule has 0 spiro atoms. The summed E-state index contributed by atoms with van der Waals surface area (Å²) in [7, 11) is 0. The van der Waals surface area contributed by atoms with Crippen molar-refractivity contribution >= 4 is 34.4 Å². The second kappa shape index (κ2) is 5.99. The average molecular weight is 298 g/mol. The molecular weight excluding hydrogens is 286 g/mol. The van der Waals surface area contributed by atoms with Crippen LogP contribution in [0.3, 0.4) is 0 Å². The Balaban J connectivity index is 2.12. The van der Waals surface area contributed by atoms with E-state index in [1.807, 2.05) is 24.4 Å². The van der Waals surface area contributed by atoms with Gasteiger partial charge in [-0.25, -0.2) is 4.98 Å². The summed E-state index contributed by atoms with van der Waals surface area (Å²) in [4.78, 5) is 15.7. The molecule has 1 unspecified atom stereocenters. The number of rotatable bonds is 5. The number of nitrogens with one attached hydrogen (secondary N) is 1. The molecule has 0 saturated carbocycles. The molecule has 19 heavy (non-hydrogen) atoms. The Labute approximate surface area is 119 Å². The fourth-order valence-corrected chi connectivity index (χ4v) is 2.68. The smallest absolute Gasteiger partial charge is 0.312 e. The molecule has 2 aromatic rings. The van der Waals surface area contributed by atoms with Crippen LogP contribution in [-0.2, 0) is 6.42 Å². The van der Waals surface area contributed by atoms with Crippen LogP contribution in [0.2, 0.25) is 5.02 Å². The lowest BCUT2D eigenvalue weighted by Crippen LogP contribution is -2.19. The molecule has 1 N–H and O–H groups in total. The SMILES string of the molecule is CC(Cc1cccs1)Nc1ncc(Cl)cc1[N+](=O)[O-]. The van der Waals surface area contributed by atoms with Gasteiger partial charge in [-0.15, -0.1) is 11.3 Å². The molecule has 7 heteroatoms. The van der Waals surface area contributed by atoms with Gasteiger partial charge in [0.15, 0.2) is 0 Å². The fourth-order valence-electron chi connectivity index (χ4n) is 1.69. The van der Waals surface area contributed by atoms with E-state index >= 15 is 0 Å². The molecule has 0 aliphatic heterocycles. The van der Waals surface area contributed by atoms with Gasteiger partial charge in [-0.2, -0.15) is 0 Å². The molecular formula is C12H12ClN3O2S. The van der Waals surface area contributed by atoms with Crippen molar-refractivity contribution in [2.24, 2.45) is 0 Å². The van der Waals surface area contributed by atoms with Gasteiger partial charge in [0.25, 0.3) is 0 Å². The lowest BCUT2D eigenvalue weighted by molar-refractivity contribution is -0.384. The first kappa shape index (κ1) is 13.8. The number of halogens is 1. The number of thiophene rings is 1. The highest BCUT2D eigenvalue weighted by Gasteiger charge is 2.17. The van der Waals surface area contributed by atoms with E-state index in [4.69, 9.17) is 11.6 Å². The van der Waals surface area contributed by atoms with E-state index in [0.29, 0.717) is 0 Å². The molecule has 100 valence electrons. The van der Waals surface area contributed by atoms with Crippen LogP contribution in [-0.4, -0.2) is 15.9 Å². The van der Waals surface area contributed by atoms with Crippen LogP contribution < -0.4 is 5.32 Å². The molecule has 0 amide bonds. The van der Waals surface area contributed by atoms with Gasteiger partial charge in [0.05, 0.1) is 9.95 Å². The van der Waals surface area contributed by atoms with Gasteiger partial charge < -0.3 is 5.32 Å². The third-order valence-corrected chi connectivity index (χ3v) is 3.61. The maximum atomic E-state index is 10.9. The number of hydrogen-bond donors (Lipinski definition) is 1. The summed E-state index contributed by atoms with van der Waals surface area (Å²) < 4.78 is 0. The van der Waals surface area contributed by atoms with E-state index in [0.717, 1.165) is 6.42 Å². The van der Waals surface area contributed by atoms with Gasteiger partial charge in [0, 0.05) is 29.6 Å². The van der Waals surface area contributed by atoms with Crippen LogP contribution in [0.5, 0.6) is 0 Å². The van der Waals surface area contributed by atoms with Crippen LogP contribution in [0.15, 0.2) is 29.8 Å². The second-order valence-corrected chi connectivity index (χ2v) is 5.58. The Hall–Kier alpha value is -1.66. The second-order valence-electron chi connectivity index (χ2n) is 4.11. The molecule has 0 aliphatic rings. The van der Waals surface area contributed by atoms with Crippen LogP contribution >= 0.6 is 22.9 Å². The summed E-state index contributed by atoms with van der Waals surface area (Å²) in [5.74, 6) is 0.249. The van der Waals surface area contributed by atoms with Crippen molar-refractivity contribution in [2.75, 3.05) is 5.32 Å². The highest BCUT2D eigenvalue weighted by molar-refractivity contribution is 7.09. The third-order valence-electron chi connectivity index (χ3n) is 2.50. The Morgan fingerprint density at radius 2 is 2.42 bits per heavy atom. The number of anilines is 1. The minimum atomic E-state index is -0.487. The van der Waals surface area contributed by atoms with Gasteiger partial charge in [-0.05, 0) is 18.4 Å². The Kier molecular flexibility index (Phi) is 4.34. The van der Waals surface area contributed by atoms with Crippen molar-refractivity contribution in [2.45, 2.75) is 19.4 Å². The average Bonchev–Trinajstić information content (AvgIpc) is 2.83. The molecule has 2 aromatic heterocycles. The van der Waals surface area contributed by atoms with Gasteiger partial charge >= 0.3 is 5.69 Å². The van der Waals surface area contributed by atoms with E-state index in [1.54, 1.807) is 11.3 Å². The van der Waals surface area contributed by atoms with Crippen LogP contribution in [0.1, 0.15) is 11.8 Å². The Morgan fingerprint density at radius 3 is 3.05 bits per heavy atom. The molecule has 1 atom stereocenters. The van der Waals surface area contributed by atoms with E-state index in [9.17, 15) is 10.1 Å². The summed E-state index contributed by atoms with van der Waals surface area (Å²) in [6.07, 6.45) is 2.19. The van der Waals surface area contributed by atoms with E-state index in [-0.39, 0.29) is 22.6 Å². The minimum Gasteiger partial charge on any atom is -0.362 e. The van der Waals surface area contributed by atoms with Crippen molar-refractivity contribution in [3.63, 3.8) is 0 Å². The van der Waals surface area contributed by atoms with Crippen LogP contribution in [0.4, 0.5) is 11.5 Å². The molecule has 2 heterocycles. The van der Waals surface area contributed by atoms with Crippen molar-refractivity contribution < 1.29 is 4.92 Å². The van der Waals surface area contributed by atoms with Gasteiger partial charge in [-0.1, -0.05) is 17.7 Å². The van der Waals surface area contributed by atoms with Gasteiger partial charge in [-0.3, -0.25) is 10.1 Å². The predicted molar refractivity (Wildman–Crippen MR) is 77.0 cm³/mol. The third kappa shape index (κ3) is 3.65. The topological polar surface area (TPSA) is 68.1 Å². The van der Waals surface area contributed by atoms with Crippen LogP contribution in [0, 0.1) is 10.1 Å². The first-order valence-corrected chi connectivity index (χ1v) is 6.91. The summed E-state index contributed by atoms with van der Waals surface area (Å²) in [5.41, 5.74) is -0.106. The van der Waals surface area contributed by atoms with Crippen molar-refractivity contribution in [3.05, 3.63) is 49.8 Å². The monoisotopic (exact) mass is 297 g/mol. The molecule has 0 aliphatic carbocycles. The molecule has 0 radical (unpaired) electrons. The lowest BCUT2D eigenvalue weighted by atomic mass is 10.2. The van der Waals surface area contributed by atoms with Gasteiger partial charge in [0.1, 0.15) is 0 Å². The minimum absolute atomic E-state index is 0.0472. The van der Waals surface area contributed by atoms with E-state index in [1.165, 1.54) is 17.1 Å². The number of aromatic nitrogens is 1. The molecule has 2 rings (SSSR count). The predicted octanol–water partition coefficient (Wildman–Crippen LogP) is 3.75. The molecule has 0 fully saturated rings. The normalized spacial score (nSPS) is 12.1. The first-order valence-electron chi connectivity index (χ1n) is 5.65. The quantitative estimate of drug-likeness (QED) is 0.674. The number of hydrogen-bond acceptors (Lipinski definition) is 5. The molecule has 0 aromatic carbocycles. The number of pyridine rings is 1. The fraction of sp³-hybridized carbons (Fsp3) is 0.250. The summed E-state index contributed by atoms with van der Waals surface area (Å²) in [6.45, 7) is 1.96. The summed E-state index contributed by atoms with van der Waals surface area (Å²) in [5, 5.41) is 16.3. The van der Waals surface area contributed by atoms with Crippen molar-refractivity contribution in [1.82, 2.24) is 4.98 Å². The maximum Gasteiger partial charge on any atom is 0.312 e. The first-order chi connectivity index (χ1) is 9.06. The van der Waals surface area contributed by atoms with Gasteiger partial charge in [0.2, 0.25) is 5.82 Å². The highest BCUT2D eigenvalue weighted by atomic mass is 35.5. The lowest BCUT2D eigenvalue weighted by Gasteiger charge is -2.13. The van der Waals surface area contributed by atoms with Crippen molar-refractivity contribution in [1.29, 1.82) is 0 Å². The summed E-state index contributed by atoms with van der Waals surface area (Å²) >= 11 is 7.38. The summed E-state index contributed by atoms with van der Waals surface area (Å²) in [6, 6.07) is 5.36. The zero-order valence-corrected chi connectivity index (χ0v) is 11.7. The largest absolute Gasteiger partial charge is 0.362 e. The zero-order chi connectivity index (χ0) is 13.8. The number of nitrogens with zero attached hydrogens (tertiary/aromatic N) is 2. The molecule has 0 saturated heterocycles. The van der Waals surface area contributed by atoms with Crippen molar-refractivity contribution in [3.8, 4) is 0 Å². The molecule has 0 bridgehead atoms. The standard InChI is InChI=1S/C12H12ClN3O2S/c1-8(5-10-3-2-4-19-10)15-12-11(16(17)18)6-9(13)7-14-12/h2-4,6-8H,5H2,1H3,(H,14,15). The number of nitro groups is 1. The van der Waals surface area contributed by atoms with E-state index in [2.05, 4.69) is 10.3 Å².